The number of ether oxygens (including phenoxy) is 2. The summed E-state index contributed by atoms with van der Waals surface area (Å²) in [7, 11) is 0. The van der Waals surface area contributed by atoms with Crippen LogP contribution in [0, 0.1) is 17.8 Å². The third-order valence-electron chi connectivity index (χ3n) is 12.1. The summed E-state index contributed by atoms with van der Waals surface area (Å²) in [5, 5.41) is 15.1. The van der Waals surface area contributed by atoms with Crippen LogP contribution in [0.5, 0.6) is 5.75 Å². The van der Waals surface area contributed by atoms with Gasteiger partial charge in [-0.05, 0) is 58.7 Å². The van der Waals surface area contributed by atoms with Gasteiger partial charge in [-0.2, -0.15) is 0 Å². The van der Waals surface area contributed by atoms with Crippen LogP contribution in [0.3, 0.4) is 0 Å². The van der Waals surface area contributed by atoms with Gasteiger partial charge in [0.25, 0.3) is 0 Å². The van der Waals surface area contributed by atoms with E-state index in [1.807, 2.05) is 82.6 Å². The molecule has 0 saturated carbocycles. The first kappa shape index (κ1) is 40.1. The Labute approximate surface area is 357 Å². The number of primary amides is 1. The fourth-order valence-corrected chi connectivity index (χ4v) is 9.62. The number of benzene rings is 4. The van der Waals surface area contributed by atoms with Crippen LogP contribution in [0.1, 0.15) is 46.0 Å². The Balaban J connectivity index is 1.26. The van der Waals surface area contributed by atoms with Gasteiger partial charge in [-0.1, -0.05) is 84.6 Å². The molecule has 6 atom stereocenters. The van der Waals surface area contributed by atoms with E-state index in [1.165, 1.54) is 0 Å². The van der Waals surface area contributed by atoms with Gasteiger partial charge in [-0.15, -0.1) is 0 Å². The van der Waals surface area contributed by atoms with Crippen LogP contribution in [0.25, 0.3) is 0 Å². The highest BCUT2D eigenvalue weighted by Crippen LogP contribution is 2.65. The number of fused-ring (bicyclic) bond motifs is 3. The second kappa shape index (κ2) is 17.0. The Morgan fingerprint density at radius 1 is 0.871 bits per heavy atom. The molecule has 3 saturated heterocycles. The molecule has 5 heterocycles. The van der Waals surface area contributed by atoms with Crippen LogP contribution < -0.4 is 26.0 Å². The number of nitrogens with one attached hydrogen (secondary N) is 2. The number of cyclic esters (lactones) is 1. The largest absolute Gasteiger partial charge is 0.491 e. The number of morpholine rings is 1. The molecule has 1 aromatic heterocycles. The molecule has 5 N–H and O–H groups in total. The maximum atomic E-state index is 15.8. The molecule has 0 unspecified atom stereocenters. The number of carbonyl (C=O) groups is 4. The van der Waals surface area contributed by atoms with Gasteiger partial charge in [-0.25, -0.2) is 14.8 Å². The molecular weight excluding hydrogens is 789 g/mol. The summed E-state index contributed by atoms with van der Waals surface area (Å²) in [6, 6.07) is 30.0. The molecule has 4 aliphatic rings. The smallest absolute Gasteiger partial charge is 0.324 e. The first-order chi connectivity index (χ1) is 30.3. The van der Waals surface area contributed by atoms with E-state index in [-0.39, 0.29) is 38.8 Å². The average Bonchev–Trinajstić information content (AvgIpc) is 3.79. The summed E-state index contributed by atoms with van der Waals surface area (Å²) in [4.78, 5) is 72.5. The third-order valence-corrected chi connectivity index (χ3v) is 12.1. The van der Waals surface area contributed by atoms with Crippen molar-refractivity contribution in [2.24, 2.45) is 11.7 Å². The fraction of sp³-hybridized carbons (Fsp3) is 0.277. The lowest BCUT2D eigenvalue weighted by Gasteiger charge is -2.46. The van der Waals surface area contributed by atoms with Crippen molar-refractivity contribution in [2.75, 3.05) is 56.2 Å². The Morgan fingerprint density at radius 3 is 2.24 bits per heavy atom. The molecule has 0 bridgehead atoms. The van der Waals surface area contributed by atoms with E-state index in [0.717, 1.165) is 11.1 Å². The molecule has 4 aromatic carbocycles. The summed E-state index contributed by atoms with van der Waals surface area (Å²) < 4.78 is 12.3. The van der Waals surface area contributed by atoms with Gasteiger partial charge in [0.1, 0.15) is 29.9 Å². The zero-order valence-corrected chi connectivity index (χ0v) is 33.6. The van der Waals surface area contributed by atoms with Crippen LogP contribution in [-0.4, -0.2) is 101 Å². The number of hydrogen-bond acceptors (Lipinski definition) is 11. The lowest BCUT2D eigenvalue weighted by atomic mass is 9.65. The molecule has 4 amide bonds. The number of piperazine rings is 1. The monoisotopic (exact) mass is 832 g/mol. The van der Waals surface area contributed by atoms with Crippen LogP contribution in [0.4, 0.5) is 16.4 Å². The topological polar surface area (TPSA) is 193 Å². The van der Waals surface area contributed by atoms with Gasteiger partial charge < -0.3 is 40.7 Å². The van der Waals surface area contributed by atoms with Gasteiger partial charge in [0, 0.05) is 49.8 Å². The number of hydrogen-bond donors (Lipinski definition) is 4. The van der Waals surface area contributed by atoms with E-state index in [4.69, 9.17) is 15.2 Å². The van der Waals surface area contributed by atoms with E-state index in [2.05, 4.69) is 32.4 Å². The number of urea groups is 1. The number of anilines is 2. The number of aromatic nitrogens is 2. The molecule has 0 aliphatic carbocycles. The minimum atomic E-state index is -1.72. The Hall–Kier alpha value is -7.28. The molecule has 4 aliphatic heterocycles. The van der Waals surface area contributed by atoms with Crippen LogP contribution in [-0.2, 0) is 24.5 Å². The van der Waals surface area contributed by atoms with Crippen molar-refractivity contribution >= 4 is 35.5 Å². The summed E-state index contributed by atoms with van der Waals surface area (Å²) in [6.45, 7) is 1.32. The number of amides is 4. The number of nitrogens with two attached hydrogens (primary N) is 1. The molecule has 0 radical (unpaired) electrons. The number of nitrogens with zero attached hydrogens (tertiary/aromatic N) is 5. The minimum Gasteiger partial charge on any atom is -0.491 e. The summed E-state index contributed by atoms with van der Waals surface area (Å²) >= 11 is 0. The lowest BCUT2D eigenvalue weighted by Crippen LogP contribution is -2.58. The van der Waals surface area contributed by atoms with Crippen molar-refractivity contribution in [2.45, 2.75) is 29.6 Å². The van der Waals surface area contributed by atoms with E-state index < -0.39 is 53.5 Å². The first-order valence-electron chi connectivity index (χ1n) is 20.5. The number of aliphatic hydroxyl groups excluding tert-OH is 1. The minimum absolute atomic E-state index is 0.00942. The van der Waals surface area contributed by atoms with Crippen molar-refractivity contribution in [1.82, 2.24) is 25.1 Å². The van der Waals surface area contributed by atoms with Crippen molar-refractivity contribution in [3.05, 3.63) is 149 Å². The molecule has 15 heteroatoms. The molecule has 3 fully saturated rings. The van der Waals surface area contributed by atoms with E-state index in [0.29, 0.717) is 47.2 Å². The highest BCUT2D eigenvalue weighted by molar-refractivity contribution is 6.12. The second-order valence-electron chi connectivity index (χ2n) is 15.5. The number of esters is 1. The quantitative estimate of drug-likeness (QED) is 0.126. The predicted octanol–water partition coefficient (Wildman–Crippen LogP) is 3.49. The standard InChI is InChI=1S/C47H44N8O7/c48-45(60)49-20-7-9-30-14-19-36-35(29-30)47(44(59)52-36)37(42(57)53-23-25-54(26-24-53)46-50-21-8-22-51-46)39-43(58)62-40(32-12-5-2-6-13-32)38(31-10-3-1-4-11-31)55(39)41(47)33-15-17-34(18-16-33)61-28-27-56/h1-6,8,10-19,21-22,29,37-41,56H,20,23-28H2,(H,52,59)(H3,48,49,60)/t37-,38-,39-,40+,41+,47-/m1/s1. The van der Waals surface area contributed by atoms with Crippen molar-refractivity contribution in [3.8, 4) is 17.6 Å². The zero-order valence-electron chi connectivity index (χ0n) is 33.6. The average molecular weight is 833 g/mol. The molecule has 62 heavy (non-hydrogen) atoms. The molecule has 314 valence electrons. The first-order valence-corrected chi connectivity index (χ1v) is 20.5. The Bertz CT molecular complexity index is 2530. The molecule has 15 nitrogen and oxygen atoms in total. The predicted molar refractivity (Wildman–Crippen MR) is 227 cm³/mol. The maximum Gasteiger partial charge on any atom is 0.324 e. The maximum absolute atomic E-state index is 15.8. The third kappa shape index (κ3) is 7.12. The van der Waals surface area contributed by atoms with Crippen LogP contribution in [0.2, 0.25) is 0 Å². The van der Waals surface area contributed by atoms with E-state index in [1.54, 1.807) is 53.7 Å². The Morgan fingerprint density at radius 2 is 1.56 bits per heavy atom. The van der Waals surface area contributed by atoms with Gasteiger partial charge in [-0.3, -0.25) is 19.3 Å². The van der Waals surface area contributed by atoms with Crippen LogP contribution >= 0.6 is 0 Å². The Kier molecular flexibility index (Phi) is 11.0. The number of aliphatic hydroxyl groups is 1. The van der Waals surface area contributed by atoms with Gasteiger partial charge >= 0.3 is 12.0 Å². The summed E-state index contributed by atoms with van der Waals surface area (Å²) in [5.41, 5.74) is 7.31. The lowest BCUT2D eigenvalue weighted by molar-refractivity contribution is -0.179. The van der Waals surface area contributed by atoms with Gasteiger partial charge in [0.15, 0.2) is 0 Å². The normalized spacial score (nSPS) is 24.0. The van der Waals surface area contributed by atoms with Gasteiger partial charge in [0.2, 0.25) is 17.8 Å². The van der Waals surface area contributed by atoms with Crippen LogP contribution in [0.15, 0.2) is 122 Å². The van der Waals surface area contributed by atoms with Crippen molar-refractivity contribution in [1.29, 1.82) is 0 Å². The summed E-state index contributed by atoms with van der Waals surface area (Å²) in [6.07, 6.45) is 2.52. The molecule has 5 aromatic rings. The summed E-state index contributed by atoms with van der Waals surface area (Å²) in [5.74, 6) is 4.32. The van der Waals surface area contributed by atoms with E-state index in [9.17, 15) is 9.90 Å². The van der Waals surface area contributed by atoms with Gasteiger partial charge in [0.05, 0.1) is 31.2 Å². The highest BCUT2D eigenvalue weighted by atomic mass is 16.6. The number of rotatable bonds is 9. The molecule has 1 spiro atoms. The van der Waals surface area contributed by atoms with Crippen molar-refractivity contribution < 1.29 is 33.8 Å². The number of carbonyl (C=O) groups excluding carboxylic acids is 4. The highest BCUT2D eigenvalue weighted by Gasteiger charge is 2.74. The molecule has 9 rings (SSSR count). The SMILES string of the molecule is NC(=O)NCC#Cc1ccc2c(c1)[C@]1(C(=O)N2)[C@H](c2ccc(OCCO)cc2)N2[C@H](c3ccccc3)[C@H](c3ccccc3)OC(=O)[C@H]2[C@@H]1C(=O)N1CCN(c2ncccn2)CC1. The zero-order chi connectivity index (χ0) is 42.8. The van der Waals surface area contributed by atoms with Crippen molar-refractivity contribution in [3.63, 3.8) is 0 Å². The second-order valence-corrected chi connectivity index (χ2v) is 15.5. The molecular formula is C47H44N8O7. The fourth-order valence-electron chi connectivity index (χ4n) is 9.62. The van der Waals surface area contributed by atoms with E-state index >= 15 is 14.4 Å².